The fourth-order valence-corrected chi connectivity index (χ4v) is 5.34. The van der Waals surface area contributed by atoms with Gasteiger partial charge in [0, 0.05) is 11.1 Å². The Hall–Kier alpha value is -5.97. The average Bonchev–Trinajstić information content (AvgIpc) is 3.75. The molecule has 0 N–H and O–H groups in total. The summed E-state index contributed by atoms with van der Waals surface area (Å²) < 4.78 is 82.8. The standard InChI is InChI=1S/C37H23F6N5/c38-36(39,40)26-14-18-28(19-15-26)47-34(24-8-3-1-4-9-24)22-32(45-47)30-12-7-13-31(44-30)33-23-35(25-10-5-2-6-11-25)48(46-33)29-20-16-27(17-21-29)37(41,42)43/h1-23H. The van der Waals surface area contributed by atoms with E-state index in [1.807, 2.05) is 72.8 Å². The van der Waals surface area contributed by atoms with Crippen LogP contribution in [0, 0.1) is 0 Å². The Balaban J connectivity index is 1.31. The molecule has 7 aromatic rings. The van der Waals surface area contributed by atoms with Crippen LogP contribution in [0.25, 0.3) is 56.7 Å². The zero-order valence-electron chi connectivity index (χ0n) is 24.8. The fraction of sp³-hybridized carbons (Fsp3) is 0.0541. The van der Waals surface area contributed by atoms with Gasteiger partial charge in [-0.05, 0) is 72.8 Å². The van der Waals surface area contributed by atoms with Crippen LogP contribution in [0.3, 0.4) is 0 Å². The quantitative estimate of drug-likeness (QED) is 0.168. The number of hydrogen-bond donors (Lipinski definition) is 0. The molecule has 0 aliphatic carbocycles. The highest BCUT2D eigenvalue weighted by atomic mass is 19.4. The third-order valence-electron chi connectivity index (χ3n) is 7.71. The molecule has 0 saturated carbocycles. The smallest absolute Gasteiger partial charge is 0.244 e. The maximum atomic E-state index is 13.3. The molecule has 0 fully saturated rings. The Morgan fingerprint density at radius 2 is 0.771 bits per heavy atom. The Kier molecular flexibility index (Phi) is 7.67. The molecule has 0 aliphatic heterocycles. The van der Waals surface area contributed by atoms with Gasteiger partial charge in [-0.15, -0.1) is 0 Å². The Morgan fingerprint density at radius 3 is 1.12 bits per heavy atom. The maximum absolute atomic E-state index is 13.3. The number of nitrogens with zero attached hydrogens (tertiary/aromatic N) is 5. The van der Waals surface area contributed by atoms with E-state index in [1.165, 1.54) is 24.3 Å². The number of hydrogen-bond acceptors (Lipinski definition) is 3. The van der Waals surface area contributed by atoms with Crippen LogP contribution in [0.1, 0.15) is 11.1 Å². The van der Waals surface area contributed by atoms with Crippen LogP contribution in [-0.4, -0.2) is 24.5 Å². The van der Waals surface area contributed by atoms with Crippen molar-refractivity contribution in [2.45, 2.75) is 12.4 Å². The van der Waals surface area contributed by atoms with Gasteiger partial charge in [0.05, 0.1) is 45.3 Å². The number of halogens is 6. The number of pyridine rings is 1. The van der Waals surface area contributed by atoms with Crippen molar-refractivity contribution in [2.24, 2.45) is 0 Å². The molecule has 0 bridgehead atoms. The summed E-state index contributed by atoms with van der Waals surface area (Å²) in [5, 5.41) is 9.51. The van der Waals surface area contributed by atoms with E-state index in [-0.39, 0.29) is 0 Å². The van der Waals surface area contributed by atoms with E-state index in [4.69, 9.17) is 15.2 Å². The minimum absolute atomic E-state index is 0.437. The zero-order valence-corrected chi connectivity index (χ0v) is 24.8. The highest BCUT2D eigenvalue weighted by molar-refractivity contribution is 5.72. The van der Waals surface area contributed by atoms with Crippen LogP contribution in [0.4, 0.5) is 26.3 Å². The van der Waals surface area contributed by atoms with Gasteiger partial charge in [0.25, 0.3) is 0 Å². The van der Waals surface area contributed by atoms with Crippen LogP contribution >= 0.6 is 0 Å². The van der Waals surface area contributed by atoms with Crippen molar-refractivity contribution in [2.75, 3.05) is 0 Å². The molecule has 7 rings (SSSR count). The van der Waals surface area contributed by atoms with Gasteiger partial charge in [-0.3, -0.25) is 0 Å². The molecular formula is C37H23F6N5. The molecule has 238 valence electrons. The largest absolute Gasteiger partial charge is 0.416 e. The summed E-state index contributed by atoms with van der Waals surface area (Å²) in [7, 11) is 0. The van der Waals surface area contributed by atoms with Crippen molar-refractivity contribution in [1.29, 1.82) is 0 Å². The number of rotatable bonds is 6. The lowest BCUT2D eigenvalue weighted by atomic mass is 10.1. The SMILES string of the molecule is FC(F)(F)c1ccc(-n2nc(-c3cccc(-c4cc(-c5ccccc5)n(-c5ccc(C(F)(F)F)cc5)n4)n3)cc2-c2ccccc2)cc1. The van der Waals surface area contributed by atoms with Gasteiger partial charge in [0.2, 0.25) is 0 Å². The Morgan fingerprint density at radius 1 is 0.396 bits per heavy atom. The van der Waals surface area contributed by atoms with Gasteiger partial charge < -0.3 is 0 Å². The van der Waals surface area contributed by atoms with Crippen molar-refractivity contribution >= 4 is 0 Å². The van der Waals surface area contributed by atoms with E-state index < -0.39 is 23.5 Å². The minimum Gasteiger partial charge on any atom is -0.244 e. The van der Waals surface area contributed by atoms with Crippen LogP contribution in [0.15, 0.2) is 140 Å². The van der Waals surface area contributed by atoms with Crippen molar-refractivity contribution in [1.82, 2.24) is 24.5 Å². The lowest BCUT2D eigenvalue weighted by Gasteiger charge is -2.10. The summed E-state index contributed by atoms with van der Waals surface area (Å²) in [6, 6.07) is 37.2. The van der Waals surface area contributed by atoms with E-state index >= 15 is 0 Å². The van der Waals surface area contributed by atoms with Gasteiger partial charge in [0.15, 0.2) is 0 Å². The summed E-state index contributed by atoms with van der Waals surface area (Å²) >= 11 is 0. The highest BCUT2D eigenvalue weighted by Gasteiger charge is 2.31. The van der Waals surface area contributed by atoms with Gasteiger partial charge in [-0.25, -0.2) is 14.3 Å². The molecule has 0 unspecified atom stereocenters. The first-order valence-electron chi connectivity index (χ1n) is 14.7. The monoisotopic (exact) mass is 651 g/mol. The van der Waals surface area contributed by atoms with E-state index in [0.717, 1.165) is 35.4 Å². The second-order valence-electron chi connectivity index (χ2n) is 10.9. The number of aromatic nitrogens is 5. The molecular weight excluding hydrogens is 628 g/mol. The average molecular weight is 652 g/mol. The van der Waals surface area contributed by atoms with Crippen molar-refractivity contribution in [3.8, 4) is 56.7 Å². The van der Waals surface area contributed by atoms with E-state index in [0.29, 0.717) is 45.5 Å². The predicted molar refractivity (Wildman–Crippen MR) is 170 cm³/mol. The summed E-state index contributed by atoms with van der Waals surface area (Å²) in [5.41, 5.74) is 4.17. The molecule has 0 atom stereocenters. The van der Waals surface area contributed by atoms with Crippen molar-refractivity contribution in [3.63, 3.8) is 0 Å². The molecule has 11 heteroatoms. The maximum Gasteiger partial charge on any atom is 0.416 e. The zero-order chi connectivity index (χ0) is 33.5. The lowest BCUT2D eigenvalue weighted by molar-refractivity contribution is -0.138. The molecule has 0 amide bonds. The topological polar surface area (TPSA) is 48.5 Å². The normalized spacial score (nSPS) is 12.0. The van der Waals surface area contributed by atoms with Crippen LogP contribution < -0.4 is 0 Å². The lowest BCUT2D eigenvalue weighted by Crippen LogP contribution is -2.06. The second-order valence-corrected chi connectivity index (χ2v) is 10.9. The summed E-state index contributed by atoms with van der Waals surface area (Å²) in [6.07, 6.45) is -8.94. The van der Waals surface area contributed by atoms with Crippen LogP contribution in [0.2, 0.25) is 0 Å². The second kappa shape index (κ2) is 12.0. The van der Waals surface area contributed by atoms with Gasteiger partial charge in [-0.2, -0.15) is 36.5 Å². The van der Waals surface area contributed by atoms with Gasteiger partial charge in [0.1, 0.15) is 11.4 Å². The van der Waals surface area contributed by atoms with E-state index in [2.05, 4.69) is 0 Å². The molecule has 4 aromatic carbocycles. The molecule has 3 aromatic heterocycles. The van der Waals surface area contributed by atoms with Gasteiger partial charge >= 0.3 is 12.4 Å². The first-order chi connectivity index (χ1) is 23.0. The summed E-state index contributed by atoms with van der Waals surface area (Å²) in [5.74, 6) is 0. The van der Waals surface area contributed by atoms with Crippen LogP contribution in [0.5, 0.6) is 0 Å². The Labute approximate surface area is 270 Å². The molecule has 0 spiro atoms. The molecule has 0 radical (unpaired) electrons. The summed E-state index contributed by atoms with van der Waals surface area (Å²) in [6.45, 7) is 0. The van der Waals surface area contributed by atoms with E-state index in [9.17, 15) is 26.3 Å². The van der Waals surface area contributed by atoms with Crippen molar-refractivity contribution < 1.29 is 26.3 Å². The van der Waals surface area contributed by atoms with Gasteiger partial charge in [-0.1, -0.05) is 66.7 Å². The summed E-state index contributed by atoms with van der Waals surface area (Å²) in [4.78, 5) is 4.84. The molecule has 3 heterocycles. The molecule has 5 nitrogen and oxygen atoms in total. The third kappa shape index (κ3) is 6.09. The van der Waals surface area contributed by atoms with Crippen LogP contribution in [-0.2, 0) is 12.4 Å². The van der Waals surface area contributed by atoms with E-state index in [1.54, 1.807) is 27.6 Å². The number of alkyl halides is 6. The minimum atomic E-state index is -4.47. The highest BCUT2D eigenvalue weighted by Crippen LogP contribution is 2.34. The number of benzene rings is 4. The van der Waals surface area contributed by atoms with Crippen molar-refractivity contribution in [3.05, 3.63) is 151 Å². The Bertz CT molecular complexity index is 2030. The molecule has 0 aliphatic rings. The molecule has 0 saturated heterocycles. The first-order valence-corrected chi connectivity index (χ1v) is 14.7. The third-order valence-corrected chi connectivity index (χ3v) is 7.71. The molecule has 48 heavy (non-hydrogen) atoms. The predicted octanol–water partition coefficient (Wildman–Crippen LogP) is 10.2. The fourth-order valence-electron chi connectivity index (χ4n) is 5.34. The first kappa shape index (κ1) is 30.7.